The van der Waals surface area contributed by atoms with Crippen LogP contribution in [0.1, 0.15) is 25.3 Å². The highest BCUT2D eigenvalue weighted by Crippen LogP contribution is 2.30. The number of ether oxygens (including phenoxy) is 4. The van der Waals surface area contributed by atoms with Gasteiger partial charge in [0.25, 0.3) is 0 Å². The Labute approximate surface area is 234 Å². The van der Waals surface area contributed by atoms with E-state index in [2.05, 4.69) is 9.97 Å². The van der Waals surface area contributed by atoms with E-state index in [-0.39, 0.29) is 11.6 Å². The first-order valence-electron chi connectivity index (χ1n) is 12.4. The summed E-state index contributed by atoms with van der Waals surface area (Å²) in [5.74, 6) is -2.06. The molecule has 0 saturated carbocycles. The van der Waals surface area contributed by atoms with Crippen LogP contribution in [-0.2, 0) is 28.5 Å². The van der Waals surface area contributed by atoms with Crippen LogP contribution in [0.2, 0.25) is 0 Å². The monoisotopic (exact) mass is 600 g/mol. The summed E-state index contributed by atoms with van der Waals surface area (Å²) in [6.07, 6.45) is -9.95. The van der Waals surface area contributed by atoms with Crippen molar-refractivity contribution in [2.75, 3.05) is 24.2 Å². The van der Waals surface area contributed by atoms with Crippen LogP contribution in [0, 0.1) is 0 Å². The minimum Gasteiger partial charge on any atom is -0.463 e. The van der Waals surface area contributed by atoms with E-state index < -0.39 is 98.5 Å². The molecule has 2 saturated heterocycles. The van der Waals surface area contributed by atoms with Crippen molar-refractivity contribution in [1.29, 1.82) is 0 Å². The summed E-state index contributed by atoms with van der Waals surface area (Å²) in [4.78, 5) is 55.4. The highest BCUT2D eigenvalue weighted by atomic mass is 16.6. The molecule has 2 aliphatic heterocycles. The molecule has 0 aliphatic carbocycles. The van der Waals surface area contributed by atoms with E-state index in [0.717, 1.165) is 21.5 Å². The molecule has 0 amide bonds. The Kier molecular flexibility index (Phi) is 9.80. The van der Waals surface area contributed by atoms with E-state index in [9.17, 15) is 39.6 Å². The zero-order chi connectivity index (χ0) is 30.6. The van der Waals surface area contributed by atoms with Gasteiger partial charge < -0.3 is 39.4 Å². The second-order valence-corrected chi connectivity index (χ2v) is 9.19. The predicted molar refractivity (Wildman–Crippen MR) is 131 cm³/mol. The van der Waals surface area contributed by atoms with Crippen molar-refractivity contribution in [3.05, 3.63) is 45.5 Å². The topological polar surface area (TPSA) is 286 Å². The molecular formula is C22H28N6O14. The number of aliphatic hydroxyl groups excluding tert-OH is 4. The Morgan fingerprint density at radius 1 is 0.738 bits per heavy atom. The third-order valence-corrected chi connectivity index (χ3v) is 6.46. The largest absolute Gasteiger partial charge is 0.463 e. The fourth-order valence-electron chi connectivity index (χ4n) is 4.23. The molecule has 4 rings (SSSR count). The van der Waals surface area contributed by atoms with E-state index in [4.69, 9.17) is 29.4 Å². The van der Waals surface area contributed by atoms with Gasteiger partial charge in [0.1, 0.15) is 49.8 Å². The Morgan fingerprint density at radius 2 is 1.12 bits per heavy atom. The molecule has 0 spiro atoms. The summed E-state index contributed by atoms with van der Waals surface area (Å²) in [7, 11) is 0. The van der Waals surface area contributed by atoms with Crippen molar-refractivity contribution in [3.63, 3.8) is 0 Å². The van der Waals surface area contributed by atoms with Gasteiger partial charge >= 0.3 is 23.3 Å². The lowest BCUT2D eigenvalue weighted by molar-refractivity contribution is -0.156. The van der Waals surface area contributed by atoms with Crippen molar-refractivity contribution >= 4 is 23.6 Å². The first kappa shape index (κ1) is 30.9. The standard InChI is InChI=1S/C22H28N6O14/c29-13(39-7-9-15(31)17(33)19(41-9)27-5-3-11(25-37)23-21(27)35)1-2-14(30)40-8-10-16(32)18(34)20(42-10)28-6-4-12(26-38)24-22(28)36/h3-6,9-10,15-20,31-34,37-38H,1-2,7-8H2,(H,23,25,35)(H,24,26,36)/t9-,10-,15-,16-,17-,18-,19-,20-/m1/s1. The molecule has 2 aromatic rings. The fourth-order valence-corrected chi connectivity index (χ4v) is 4.23. The fraction of sp³-hybridized carbons (Fsp3) is 0.545. The summed E-state index contributed by atoms with van der Waals surface area (Å²) in [6.45, 7) is -1.04. The van der Waals surface area contributed by atoms with Gasteiger partial charge in [0.05, 0.1) is 12.8 Å². The molecule has 8 N–H and O–H groups in total. The Hall–Kier alpha value is -4.02. The minimum atomic E-state index is -1.57. The maximum absolute atomic E-state index is 12.1. The maximum Gasteiger partial charge on any atom is 0.351 e. The van der Waals surface area contributed by atoms with E-state index in [1.807, 2.05) is 0 Å². The maximum atomic E-state index is 12.1. The summed E-state index contributed by atoms with van der Waals surface area (Å²) in [6, 6.07) is 2.43. The van der Waals surface area contributed by atoms with E-state index in [0.29, 0.717) is 0 Å². The van der Waals surface area contributed by atoms with Crippen LogP contribution < -0.4 is 22.3 Å². The smallest absolute Gasteiger partial charge is 0.351 e. The molecule has 2 aliphatic rings. The molecule has 230 valence electrons. The number of carbonyl (C=O) groups is 2. The lowest BCUT2D eigenvalue weighted by atomic mass is 10.1. The lowest BCUT2D eigenvalue weighted by Gasteiger charge is -2.17. The molecule has 4 heterocycles. The number of esters is 2. The summed E-state index contributed by atoms with van der Waals surface area (Å²) in [5.41, 5.74) is 1.58. The molecule has 2 fully saturated rings. The van der Waals surface area contributed by atoms with Gasteiger partial charge in [0, 0.05) is 12.4 Å². The Morgan fingerprint density at radius 3 is 1.45 bits per heavy atom. The van der Waals surface area contributed by atoms with Crippen LogP contribution in [0.5, 0.6) is 0 Å². The zero-order valence-corrected chi connectivity index (χ0v) is 21.5. The first-order valence-corrected chi connectivity index (χ1v) is 12.4. The third-order valence-electron chi connectivity index (χ3n) is 6.46. The number of nitrogens with zero attached hydrogens (tertiary/aromatic N) is 4. The van der Waals surface area contributed by atoms with Crippen LogP contribution in [0.15, 0.2) is 34.1 Å². The van der Waals surface area contributed by atoms with E-state index in [1.165, 1.54) is 12.1 Å². The van der Waals surface area contributed by atoms with Gasteiger partial charge in [-0.2, -0.15) is 9.97 Å². The molecule has 2 aromatic heterocycles. The minimum absolute atomic E-state index is 0.153. The zero-order valence-electron chi connectivity index (χ0n) is 21.5. The van der Waals surface area contributed by atoms with Crippen molar-refractivity contribution in [3.8, 4) is 0 Å². The molecule has 20 heteroatoms. The number of carbonyl (C=O) groups excluding carboxylic acids is 2. The number of aliphatic hydroxyl groups is 4. The van der Waals surface area contributed by atoms with Crippen molar-refractivity contribution in [2.45, 2.75) is 61.9 Å². The molecular weight excluding hydrogens is 572 g/mol. The molecule has 0 unspecified atom stereocenters. The Bertz CT molecular complexity index is 1280. The highest BCUT2D eigenvalue weighted by molar-refractivity contribution is 5.77. The third kappa shape index (κ3) is 6.71. The second-order valence-electron chi connectivity index (χ2n) is 9.19. The molecule has 8 atom stereocenters. The van der Waals surface area contributed by atoms with Gasteiger partial charge in [-0.3, -0.25) is 40.1 Å². The van der Waals surface area contributed by atoms with E-state index in [1.54, 1.807) is 11.0 Å². The normalized spacial score (nSPS) is 28.8. The number of hydrogen-bond donors (Lipinski definition) is 8. The molecule has 20 nitrogen and oxygen atoms in total. The average Bonchev–Trinajstić information content (AvgIpc) is 3.42. The van der Waals surface area contributed by atoms with Crippen molar-refractivity contribution < 1.29 is 59.4 Å². The second kappa shape index (κ2) is 13.3. The van der Waals surface area contributed by atoms with Crippen molar-refractivity contribution in [2.24, 2.45) is 0 Å². The molecule has 0 radical (unpaired) electrons. The lowest BCUT2D eigenvalue weighted by Crippen LogP contribution is -2.36. The Balaban J connectivity index is 1.21. The number of rotatable bonds is 11. The molecule has 0 bridgehead atoms. The van der Waals surface area contributed by atoms with Gasteiger partial charge in [0.2, 0.25) is 0 Å². The van der Waals surface area contributed by atoms with Gasteiger partial charge in [-0.05, 0) is 12.1 Å². The summed E-state index contributed by atoms with van der Waals surface area (Å²) < 4.78 is 22.6. The van der Waals surface area contributed by atoms with Crippen LogP contribution >= 0.6 is 0 Å². The van der Waals surface area contributed by atoms with E-state index >= 15 is 0 Å². The predicted octanol–water partition coefficient (Wildman–Crippen LogP) is -3.79. The van der Waals surface area contributed by atoms with Crippen LogP contribution in [-0.4, -0.2) is 112 Å². The van der Waals surface area contributed by atoms with Crippen molar-refractivity contribution in [1.82, 2.24) is 19.1 Å². The van der Waals surface area contributed by atoms with Gasteiger partial charge in [-0.1, -0.05) is 0 Å². The number of anilines is 2. The number of aromatic nitrogens is 4. The average molecular weight is 600 g/mol. The quantitative estimate of drug-likeness (QED) is 0.0906. The van der Waals surface area contributed by atoms with Gasteiger partial charge in [-0.15, -0.1) is 0 Å². The van der Waals surface area contributed by atoms with Crippen LogP contribution in [0.25, 0.3) is 0 Å². The van der Waals surface area contributed by atoms with Crippen LogP contribution in [0.4, 0.5) is 11.6 Å². The summed E-state index contributed by atoms with van der Waals surface area (Å²) >= 11 is 0. The van der Waals surface area contributed by atoms with Gasteiger partial charge in [-0.25, -0.2) is 9.59 Å². The van der Waals surface area contributed by atoms with Gasteiger partial charge in [0.15, 0.2) is 24.1 Å². The highest BCUT2D eigenvalue weighted by Gasteiger charge is 2.46. The molecule has 0 aromatic carbocycles. The van der Waals surface area contributed by atoms with Crippen LogP contribution in [0.3, 0.4) is 0 Å². The summed E-state index contributed by atoms with van der Waals surface area (Å²) in [5, 5.41) is 58.7. The first-order chi connectivity index (χ1) is 20.0. The molecule has 42 heavy (non-hydrogen) atoms. The SMILES string of the molecule is O=C(CCC(=O)OC[C@H]1O[C@@H](n2ccc(NO)nc2=O)[C@H](O)[C@@H]1O)OC[C@H]1O[C@@H](n2ccc(NO)nc2=O)[C@H](O)[C@@H]1O. The number of nitrogens with one attached hydrogen (secondary N) is 2. The number of hydrogen-bond acceptors (Lipinski definition) is 18.